The molecular weight excluding hydrogens is 776 g/mol. The van der Waals surface area contributed by atoms with E-state index >= 15 is 0 Å². The Labute approximate surface area is 347 Å². The van der Waals surface area contributed by atoms with E-state index in [9.17, 15) is 44.7 Å². The van der Waals surface area contributed by atoms with Gasteiger partial charge < -0.3 is 74.8 Å². The maximum Gasteiger partial charge on any atom is 0.251 e. The van der Waals surface area contributed by atoms with E-state index in [-0.39, 0.29) is 56.2 Å². The van der Waals surface area contributed by atoms with Crippen molar-refractivity contribution in [2.45, 2.75) is 165 Å². The van der Waals surface area contributed by atoms with Crippen molar-refractivity contribution >= 4 is 23.6 Å². The van der Waals surface area contributed by atoms with E-state index in [2.05, 4.69) is 16.0 Å². The van der Waals surface area contributed by atoms with Crippen LogP contribution in [0.2, 0.25) is 0 Å². The summed E-state index contributed by atoms with van der Waals surface area (Å²) >= 11 is 0. The summed E-state index contributed by atoms with van der Waals surface area (Å²) in [5.74, 6) is -2.23. The van der Waals surface area contributed by atoms with Crippen molar-refractivity contribution in [2.24, 2.45) is 17.8 Å². The van der Waals surface area contributed by atoms with Gasteiger partial charge in [0.15, 0.2) is 12.6 Å². The number of amides is 4. The first-order valence-corrected chi connectivity index (χ1v) is 21.2. The molecule has 6 unspecified atom stereocenters. The van der Waals surface area contributed by atoms with E-state index in [0.29, 0.717) is 19.3 Å². The Morgan fingerprint density at radius 3 is 2.19 bits per heavy atom. The van der Waals surface area contributed by atoms with E-state index in [4.69, 9.17) is 28.4 Å². The van der Waals surface area contributed by atoms with E-state index in [1.807, 2.05) is 6.92 Å². The molecule has 4 rings (SSSR count). The van der Waals surface area contributed by atoms with Gasteiger partial charge in [-0.15, -0.1) is 0 Å². The smallest absolute Gasteiger partial charge is 0.251 e. The first kappa shape index (κ1) is 49.1. The number of methoxy groups -OCH3 is 1. The molecule has 2 saturated carbocycles. The van der Waals surface area contributed by atoms with Crippen LogP contribution in [0.25, 0.3) is 0 Å². The van der Waals surface area contributed by atoms with Crippen LogP contribution in [-0.2, 0) is 47.6 Å². The molecule has 2 aliphatic heterocycles. The average molecular weight is 847 g/mol. The number of hydrogen-bond acceptors (Lipinski definition) is 15. The van der Waals surface area contributed by atoms with Crippen molar-refractivity contribution in [3.63, 3.8) is 0 Å². The molecule has 4 amide bonds. The number of nitrogens with zero attached hydrogens (tertiary/aromatic N) is 1. The summed E-state index contributed by atoms with van der Waals surface area (Å²) < 4.78 is 36.6. The Balaban J connectivity index is 1.65. The van der Waals surface area contributed by atoms with Gasteiger partial charge in [0, 0.05) is 53.6 Å². The van der Waals surface area contributed by atoms with Crippen LogP contribution in [0.5, 0.6) is 0 Å². The van der Waals surface area contributed by atoms with Crippen molar-refractivity contribution in [3.8, 4) is 0 Å². The highest BCUT2D eigenvalue weighted by Gasteiger charge is 2.53. The molecule has 0 aromatic heterocycles. The molecule has 0 spiro atoms. The topological polar surface area (TPSA) is 264 Å². The molecule has 4 aliphatic rings. The molecule has 8 N–H and O–H groups in total. The van der Waals surface area contributed by atoms with Gasteiger partial charge in [-0.25, -0.2) is 0 Å². The Hall–Kier alpha value is -2.56. The van der Waals surface area contributed by atoms with E-state index in [1.165, 1.54) is 25.9 Å². The molecule has 0 bridgehead atoms. The van der Waals surface area contributed by atoms with Crippen molar-refractivity contribution < 1.29 is 73.1 Å². The summed E-state index contributed by atoms with van der Waals surface area (Å²) in [6, 6.07) is -1.22. The Bertz CT molecular complexity index is 1340. The predicted octanol–water partition coefficient (Wildman–Crippen LogP) is -1.32. The monoisotopic (exact) mass is 846 g/mol. The quantitative estimate of drug-likeness (QED) is 0.0702. The maximum atomic E-state index is 13.7. The van der Waals surface area contributed by atoms with Crippen LogP contribution in [-0.4, -0.2) is 181 Å². The minimum atomic E-state index is -1.64. The fourth-order valence-corrected chi connectivity index (χ4v) is 8.68. The highest BCUT2D eigenvalue weighted by molar-refractivity contribution is 5.80. The van der Waals surface area contributed by atoms with Crippen LogP contribution in [0.3, 0.4) is 0 Å². The number of hydrogen-bond donors (Lipinski definition) is 8. The second-order valence-corrected chi connectivity index (χ2v) is 16.7. The summed E-state index contributed by atoms with van der Waals surface area (Å²) in [6.07, 6.45) is -8.95. The third-order valence-corrected chi connectivity index (χ3v) is 12.1. The molecule has 19 nitrogen and oxygen atoms in total. The van der Waals surface area contributed by atoms with Gasteiger partial charge in [-0.3, -0.25) is 19.2 Å². The molecule has 0 radical (unpaired) electrons. The molecule has 2 saturated heterocycles. The lowest BCUT2D eigenvalue weighted by Gasteiger charge is -2.49. The summed E-state index contributed by atoms with van der Waals surface area (Å²) in [4.78, 5) is 53.6. The highest BCUT2D eigenvalue weighted by atomic mass is 16.7. The zero-order chi connectivity index (χ0) is 43.4. The molecule has 19 heteroatoms. The fraction of sp³-hybridized carbons (Fsp3) is 0.900. The van der Waals surface area contributed by atoms with Crippen LogP contribution < -0.4 is 16.0 Å². The van der Waals surface area contributed by atoms with Gasteiger partial charge in [-0.1, -0.05) is 45.4 Å². The standard InChI is InChI=1S/C40H70N4O15/c1-7-24-18-25(37(52)42-15-14-41-29(47)13-16-54-6)19-26(35(24)59-40-34(51)33(50)31(48)21(2)55-40)57-39-30(43-22(3)46)36(32(49)28(20-45)58-39)56-27(38(53)44(4)5)17-23-11-9-8-10-12-23/h21,23-28,30-36,39-40,45,48-51H,7-20H2,1-6H3,(H,41,47)(H,42,52)(H,43,46)/t21-,24?,25?,26+,27-,28-,30?,31-,32-,33?,34-,35+,36?,39+,40?/m0/s1. The lowest BCUT2D eigenvalue weighted by molar-refractivity contribution is -0.338. The number of ether oxygens (including phenoxy) is 6. The number of aliphatic hydroxyl groups excluding tert-OH is 5. The molecule has 0 aromatic rings. The van der Waals surface area contributed by atoms with Crippen molar-refractivity contribution in [1.82, 2.24) is 20.9 Å². The lowest BCUT2D eigenvalue weighted by Crippen LogP contribution is -2.67. The van der Waals surface area contributed by atoms with Crippen LogP contribution in [0.15, 0.2) is 0 Å². The lowest BCUT2D eigenvalue weighted by atomic mass is 9.75. The van der Waals surface area contributed by atoms with Crippen LogP contribution >= 0.6 is 0 Å². The summed E-state index contributed by atoms with van der Waals surface area (Å²) in [6.45, 7) is 4.62. The Morgan fingerprint density at radius 2 is 1.56 bits per heavy atom. The van der Waals surface area contributed by atoms with Crippen molar-refractivity contribution in [3.05, 3.63) is 0 Å². The molecule has 59 heavy (non-hydrogen) atoms. The van der Waals surface area contributed by atoms with Gasteiger partial charge in [0.2, 0.25) is 17.7 Å². The summed E-state index contributed by atoms with van der Waals surface area (Å²) in [5.41, 5.74) is 0. The van der Waals surface area contributed by atoms with Gasteiger partial charge in [0.1, 0.15) is 48.8 Å². The fourth-order valence-electron chi connectivity index (χ4n) is 8.68. The minimum Gasteiger partial charge on any atom is -0.394 e. The number of carbonyl (C=O) groups excluding carboxylic acids is 4. The van der Waals surface area contributed by atoms with E-state index < -0.39 is 104 Å². The van der Waals surface area contributed by atoms with Gasteiger partial charge in [0.05, 0.1) is 31.5 Å². The molecule has 2 aliphatic carbocycles. The molecular formula is C40H70N4O15. The zero-order valence-electron chi connectivity index (χ0n) is 35.4. The zero-order valence-corrected chi connectivity index (χ0v) is 35.4. The second-order valence-electron chi connectivity index (χ2n) is 16.7. The van der Waals surface area contributed by atoms with Crippen molar-refractivity contribution in [2.75, 3.05) is 47.5 Å². The third-order valence-electron chi connectivity index (χ3n) is 12.1. The number of aliphatic hydroxyl groups is 5. The molecule has 2 heterocycles. The maximum absolute atomic E-state index is 13.7. The van der Waals surface area contributed by atoms with Gasteiger partial charge in [-0.05, 0) is 38.0 Å². The first-order valence-electron chi connectivity index (χ1n) is 21.2. The van der Waals surface area contributed by atoms with Crippen LogP contribution in [0.4, 0.5) is 0 Å². The van der Waals surface area contributed by atoms with Gasteiger partial charge in [-0.2, -0.15) is 0 Å². The van der Waals surface area contributed by atoms with Crippen LogP contribution in [0.1, 0.15) is 85.0 Å². The summed E-state index contributed by atoms with van der Waals surface area (Å²) in [7, 11) is 4.72. The number of rotatable bonds is 19. The molecule has 15 atom stereocenters. The molecule has 0 aromatic carbocycles. The molecule has 4 fully saturated rings. The van der Waals surface area contributed by atoms with Gasteiger partial charge in [0.25, 0.3) is 5.91 Å². The third kappa shape index (κ3) is 13.5. The normalized spacial score (nSPS) is 36.0. The van der Waals surface area contributed by atoms with Crippen LogP contribution in [0, 0.1) is 17.8 Å². The average Bonchev–Trinajstić information content (AvgIpc) is 3.21. The number of nitrogens with one attached hydrogen (secondary N) is 3. The largest absolute Gasteiger partial charge is 0.394 e. The number of carbonyl (C=O) groups is 4. The second kappa shape index (κ2) is 23.6. The SMILES string of the molecule is CCC1CC(C(=O)NCCNC(=O)CCOC)C[C@@H](O[C@@H]2O[C@@H](CO)[C@H](O)C(O[C@@H](CC3CCCCC3)C(=O)N(C)C)C2NC(C)=O)[C@@H]1OC1O[C@@H](C)[C@H](O)C(O)[C@@H]1O. The Morgan fingerprint density at radius 1 is 0.864 bits per heavy atom. The van der Waals surface area contributed by atoms with E-state index in [0.717, 1.165) is 32.1 Å². The minimum absolute atomic E-state index is 0.0324. The number of likely N-dealkylation sites (N-methyl/N-ethyl adjacent to an activating group) is 1. The van der Waals surface area contributed by atoms with Crippen molar-refractivity contribution in [1.29, 1.82) is 0 Å². The summed E-state index contributed by atoms with van der Waals surface area (Å²) in [5, 5.41) is 62.4. The van der Waals surface area contributed by atoms with E-state index in [1.54, 1.807) is 14.1 Å². The molecule has 340 valence electrons. The highest BCUT2D eigenvalue weighted by Crippen LogP contribution is 2.40. The van der Waals surface area contributed by atoms with Gasteiger partial charge >= 0.3 is 0 Å². The predicted molar refractivity (Wildman–Crippen MR) is 209 cm³/mol. The Kier molecular flexibility index (Phi) is 19.6. The first-order chi connectivity index (χ1) is 28.1.